The molecule has 4 aromatic rings. The average molecular weight is 472 g/mol. The molecule has 0 atom stereocenters. The van der Waals surface area contributed by atoms with E-state index >= 15 is 0 Å². The fourth-order valence-electron chi connectivity index (χ4n) is 4.61. The monoisotopic (exact) mass is 471 g/mol. The molecular weight excluding hydrogens is 442 g/mol. The number of nitrogens with zero attached hydrogens (tertiary/aromatic N) is 2. The van der Waals surface area contributed by atoms with Gasteiger partial charge in [0.15, 0.2) is 0 Å². The van der Waals surface area contributed by atoms with Crippen LogP contribution < -0.4 is 16.4 Å². The van der Waals surface area contributed by atoms with E-state index in [-0.39, 0.29) is 11.8 Å². The van der Waals surface area contributed by atoms with Crippen LogP contribution >= 0.6 is 11.3 Å². The summed E-state index contributed by atoms with van der Waals surface area (Å²) in [6.45, 7) is 1.48. The Morgan fingerprint density at radius 2 is 1.74 bits per heavy atom. The maximum Gasteiger partial charge on any atom is 0.225 e. The van der Waals surface area contributed by atoms with E-state index < -0.39 is 0 Å². The van der Waals surface area contributed by atoms with Crippen LogP contribution in [-0.2, 0) is 11.3 Å². The molecule has 0 spiro atoms. The van der Waals surface area contributed by atoms with Crippen LogP contribution in [0.15, 0.2) is 66.0 Å². The van der Waals surface area contributed by atoms with Crippen LogP contribution in [0.5, 0.6) is 0 Å². The number of rotatable bonds is 8. The first-order valence-electron chi connectivity index (χ1n) is 11.8. The summed E-state index contributed by atoms with van der Waals surface area (Å²) in [6, 6.07) is 20.7. The Morgan fingerprint density at radius 3 is 2.53 bits per heavy atom. The van der Waals surface area contributed by atoms with Gasteiger partial charge < -0.3 is 16.4 Å². The number of nitrogens with one attached hydrogen (secondary N) is 2. The number of benzene rings is 2. The van der Waals surface area contributed by atoms with E-state index in [0.717, 1.165) is 49.3 Å². The molecule has 0 saturated heterocycles. The van der Waals surface area contributed by atoms with Crippen molar-refractivity contribution >= 4 is 39.1 Å². The second-order valence-electron chi connectivity index (χ2n) is 8.95. The smallest absolute Gasteiger partial charge is 0.225 e. The third-order valence-electron chi connectivity index (χ3n) is 6.60. The predicted octanol–water partition coefficient (Wildman–Crippen LogP) is 5.67. The van der Waals surface area contributed by atoms with Crippen molar-refractivity contribution in [2.24, 2.45) is 17.6 Å². The van der Waals surface area contributed by atoms with Gasteiger partial charge in [-0.15, -0.1) is 11.3 Å². The van der Waals surface area contributed by atoms with Crippen molar-refractivity contribution in [1.29, 1.82) is 0 Å². The largest absolute Gasteiger partial charge is 0.369 e. The number of fused-ring (bicyclic) bond motifs is 1. The number of thiophene rings is 1. The highest BCUT2D eigenvalue weighted by Gasteiger charge is 2.24. The van der Waals surface area contributed by atoms with Gasteiger partial charge >= 0.3 is 0 Å². The van der Waals surface area contributed by atoms with Crippen LogP contribution in [0.2, 0.25) is 0 Å². The summed E-state index contributed by atoms with van der Waals surface area (Å²) in [4.78, 5) is 21.1. The molecule has 0 aliphatic heterocycles. The Labute approximate surface area is 203 Å². The van der Waals surface area contributed by atoms with Crippen LogP contribution in [0.25, 0.3) is 21.3 Å². The van der Waals surface area contributed by atoms with E-state index in [0.29, 0.717) is 18.4 Å². The molecule has 1 aliphatic rings. The second kappa shape index (κ2) is 10.2. The van der Waals surface area contributed by atoms with Crippen molar-refractivity contribution in [2.75, 3.05) is 17.2 Å². The number of amides is 1. The van der Waals surface area contributed by atoms with Gasteiger partial charge in [-0.05, 0) is 43.2 Å². The Hall–Kier alpha value is -3.45. The molecule has 4 N–H and O–H groups in total. The Kier molecular flexibility index (Phi) is 6.72. The zero-order valence-electron chi connectivity index (χ0n) is 19.0. The molecule has 6 nitrogen and oxygen atoms in total. The third kappa shape index (κ3) is 5.20. The SMILES string of the molecule is NC(=O)[C@H]1CC[C@H](CNc2nc(NCc3ccccc3)cc(-c3csc4ccccc34)n2)CC1. The molecule has 5 rings (SSSR count). The van der Waals surface area contributed by atoms with E-state index in [9.17, 15) is 4.79 Å². The van der Waals surface area contributed by atoms with Crippen molar-refractivity contribution in [2.45, 2.75) is 32.2 Å². The van der Waals surface area contributed by atoms with Crippen LogP contribution in [0.3, 0.4) is 0 Å². The zero-order chi connectivity index (χ0) is 23.3. The predicted molar refractivity (Wildman–Crippen MR) is 140 cm³/mol. The highest BCUT2D eigenvalue weighted by molar-refractivity contribution is 7.17. The van der Waals surface area contributed by atoms with E-state index in [4.69, 9.17) is 15.7 Å². The number of carbonyl (C=O) groups excluding carboxylic acids is 1. The molecule has 1 saturated carbocycles. The van der Waals surface area contributed by atoms with E-state index in [2.05, 4.69) is 52.4 Å². The average Bonchev–Trinajstić information content (AvgIpc) is 3.31. The highest BCUT2D eigenvalue weighted by Crippen LogP contribution is 2.34. The lowest BCUT2D eigenvalue weighted by Crippen LogP contribution is -2.29. The molecule has 34 heavy (non-hydrogen) atoms. The van der Waals surface area contributed by atoms with Gasteiger partial charge in [-0.3, -0.25) is 4.79 Å². The first-order chi connectivity index (χ1) is 16.7. The van der Waals surface area contributed by atoms with E-state index in [1.54, 1.807) is 11.3 Å². The normalized spacial score (nSPS) is 18.0. The standard InChI is InChI=1S/C27H29N5OS/c28-26(33)20-12-10-19(11-13-20)16-30-27-31-23(22-17-34-24-9-5-4-8-21(22)24)14-25(32-27)29-15-18-6-2-1-3-7-18/h1-9,14,17,19-20H,10-13,15-16H2,(H2,28,33)(H2,29,30,31,32)/t19-,20-. The molecule has 1 amide bonds. The van der Waals surface area contributed by atoms with Gasteiger partial charge in [0.05, 0.1) is 5.69 Å². The van der Waals surface area contributed by atoms with Gasteiger partial charge in [0, 0.05) is 46.1 Å². The van der Waals surface area contributed by atoms with Crippen LogP contribution in [0, 0.1) is 11.8 Å². The Morgan fingerprint density at radius 1 is 0.971 bits per heavy atom. The van der Waals surface area contributed by atoms with Gasteiger partial charge in [-0.25, -0.2) is 4.98 Å². The minimum absolute atomic E-state index is 0.0245. The van der Waals surface area contributed by atoms with Crippen molar-refractivity contribution in [3.8, 4) is 11.3 Å². The Bertz CT molecular complexity index is 1260. The number of carbonyl (C=O) groups is 1. The lowest BCUT2D eigenvalue weighted by molar-refractivity contribution is -0.122. The van der Waals surface area contributed by atoms with Crippen LogP contribution in [-0.4, -0.2) is 22.4 Å². The fraction of sp³-hybridized carbons (Fsp3) is 0.296. The van der Waals surface area contributed by atoms with E-state index in [1.807, 2.05) is 24.3 Å². The number of aromatic nitrogens is 2. The molecule has 1 fully saturated rings. The van der Waals surface area contributed by atoms with Crippen molar-refractivity contribution < 1.29 is 4.79 Å². The molecule has 0 radical (unpaired) electrons. The lowest BCUT2D eigenvalue weighted by atomic mass is 9.82. The van der Waals surface area contributed by atoms with E-state index in [1.165, 1.54) is 15.6 Å². The van der Waals surface area contributed by atoms with Gasteiger partial charge in [0.2, 0.25) is 11.9 Å². The molecule has 2 heterocycles. The second-order valence-corrected chi connectivity index (χ2v) is 9.86. The maximum absolute atomic E-state index is 11.5. The van der Waals surface area contributed by atoms with Crippen LogP contribution in [0.4, 0.5) is 11.8 Å². The molecule has 7 heteroatoms. The minimum atomic E-state index is -0.167. The summed E-state index contributed by atoms with van der Waals surface area (Å²) in [5, 5.41) is 10.3. The molecule has 0 bridgehead atoms. The molecule has 1 aliphatic carbocycles. The summed E-state index contributed by atoms with van der Waals surface area (Å²) in [5.74, 6) is 1.77. The number of nitrogens with two attached hydrogens (primary N) is 1. The van der Waals surface area contributed by atoms with Crippen LogP contribution in [0.1, 0.15) is 31.2 Å². The number of primary amides is 1. The molecule has 2 aromatic carbocycles. The summed E-state index contributed by atoms with van der Waals surface area (Å²) >= 11 is 1.73. The maximum atomic E-state index is 11.5. The molecule has 174 valence electrons. The van der Waals surface area contributed by atoms with Gasteiger partial charge in [-0.1, -0.05) is 48.5 Å². The topological polar surface area (TPSA) is 92.9 Å². The van der Waals surface area contributed by atoms with Crippen molar-refractivity contribution in [1.82, 2.24) is 9.97 Å². The molecule has 0 unspecified atom stereocenters. The summed E-state index contributed by atoms with van der Waals surface area (Å²) in [7, 11) is 0. The first kappa shape index (κ1) is 22.3. The third-order valence-corrected chi connectivity index (χ3v) is 7.56. The number of hydrogen-bond donors (Lipinski definition) is 3. The minimum Gasteiger partial charge on any atom is -0.369 e. The zero-order valence-corrected chi connectivity index (χ0v) is 19.9. The number of hydrogen-bond acceptors (Lipinski definition) is 6. The van der Waals surface area contributed by atoms with Gasteiger partial charge in [-0.2, -0.15) is 4.98 Å². The Balaban J connectivity index is 1.36. The van der Waals surface area contributed by atoms with Gasteiger partial charge in [0.25, 0.3) is 0 Å². The summed E-state index contributed by atoms with van der Waals surface area (Å²) in [5.41, 5.74) is 8.71. The van der Waals surface area contributed by atoms with Crippen molar-refractivity contribution in [3.05, 3.63) is 71.6 Å². The van der Waals surface area contributed by atoms with Gasteiger partial charge in [0.1, 0.15) is 5.82 Å². The number of anilines is 2. The molecular formula is C27H29N5OS. The highest BCUT2D eigenvalue weighted by atomic mass is 32.1. The molecule has 2 aromatic heterocycles. The summed E-state index contributed by atoms with van der Waals surface area (Å²) < 4.78 is 1.25. The fourth-order valence-corrected chi connectivity index (χ4v) is 5.56. The first-order valence-corrected chi connectivity index (χ1v) is 12.7. The summed E-state index contributed by atoms with van der Waals surface area (Å²) in [6.07, 6.45) is 3.73. The van der Waals surface area contributed by atoms with Crippen molar-refractivity contribution in [3.63, 3.8) is 0 Å². The lowest BCUT2D eigenvalue weighted by Gasteiger charge is -2.26. The quantitative estimate of drug-likeness (QED) is 0.308.